The SMILES string of the molecule is NCc1cccc(C[C]=O)c1. The second-order valence-electron chi connectivity index (χ2n) is 2.35. The molecule has 0 aliphatic carbocycles. The Kier molecular flexibility index (Phi) is 2.81. The Balaban J connectivity index is 2.82. The fourth-order valence-electron chi connectivity index (χ4n) is 0.950. The highest BCUT2D eigenvalue weighted by Crippen LogP contribution is 2.03. The molecule has 0 unspecified atom stereocenters. The van der Waals surface area contributed by atoms with E-state index in [9.17, 15) is 4.79 Å². The predicted molar refractivity (Wildman–Crippen MR) is 43.7 cm³/mol. The van der Waals surface area contributed by atoms with Gasteiger partial charge in [0.15, 0.2) is 0 Å². The van der Waals surface area contributed by atoms with Crippen molar-refractivity contribution in [3.05, 3.63) is 35.4 Å². The monoisotopic (exact) mass is 148 g/mol. The van der Waals surface area contributed by atoms with Crippen LogP contribution in [-0.4, -0.2) is 6.29 Å². The number of hydrogen-bond acceptors (Lipinski definition) is 2. The summed E-state index contributed by atoms with van der Waals surface area (Å²) in [5.74, 6) is 0. The number of benzene rings is 1. The zero-order chi connectivity index (χ0) is 8.10. The highest BCUT2D eigenvalue weighted by atomic mass is 16.1. The van der Waals surface area contributed by atoms with Crippen LogP contribution < -0.4 is 5.73 Å². The van der Waals surface area contributed by atoms with Crippen LogP contribution in [0.25, 0.3) is 0 Å². The Bertz CT molecular complexity index is 245. The first kappa shape index (κ1) is 7.95. The van der Waals surface area contributed by atoms with Crippen molar-refractivity contribution in [1.29, 1.82) is 0 Å². The molecule has 57 valence electrons. The Morgan fingerprint density at radius 1 is 1.36 bits per heavy atom. The second-order valence-corrected chi connectivity index (χ2v) is 2.35. The van der Waals surface area contributed by atoms with Gasteiger partial charge in [-0.2, -0.15) is 0 Å². The minimum absolute atomic E-state index is 0.355. The van der Waals surface area contributed by atoms with Crippen molar-refractivity contribution in [2.45, 2.75) is 13.0 Å². The van der Waals surface area contributed by atoms with Gasteiger partial charge in [0.2, 0.25) is 6.29 Å². The van der Waals surface area contributed by atoms with Crippen LogP contribution >= 0.6 is 0 Å². The molecule has 2 N–H and O–H groups in total. The molecule has 1 aromatic carbocycles. The molecule has 0 saturated heterocycles. The van der Waals surface area contributed by atoms with Crippen molar-refractivity contribution in [2.24, 2.45) is 5.73 Å². The third-order valence-electron chi connectivity index (χ3n) is 1.50. The number of nitrogens with two attached hydrogens (primary N) is 1. The maximum atomic E-state index is 10.0. The quantitative estimate of drug-likeness (QED) is 0.688. The van der Waals surface area contributed by atoms with E-state index in [0.717, 1.165) is 11.1 Å². The summed E-state index contributed by atoms with van der Waals surface area (Å²) in [6, 6.07) is 7.65. The topological polar surface area (TPSA) is 43.1 Å². The molecule has 1 aromatic rings. The lowest BCUT2D eigenvalue weighted by Crippen LogP contribution is -1.97. The number of carbonyl (C=O) groups excluding carboxylic acids is 1. The molecule has 0 amide bonds. The predicted octanol–water partition coefficient (Wildman–Crippen LogP) is 0.798. The zero-order valence-corrected chi connectivity index (χ0v) is 6.21. The molecule has 2 nitrogen and oxygen atoms in total. The van der Waals surface area contributed by atoms with E-state index in [4.69, 9.17) is 5.73 Å². The van der Waals surface area contributed by atoms with E-state index in [1.807, 2.05) is 30.6 Å². The van der Waals surface area contributed by atoms with Gasteiger partial charge in [-0.15, -0.1) is 0 Å². The molecule has 0 atom stereocenters. The summed E-state index contributed by atoms with van der Waals surface area (Å²) < 4.78 is 0. The lowest BCUT2D eigenvalue weighted by molar-refractivity contribution is 0.555. The minimum Gasteiger partial charge on any atom is -0.326 e. The highest BCUT2D eigenvalue weighted by Gasteiger charge is 1.92. The van der Waals surface area contributed by atoms with Crippen molar-refractivity contribution < 1.29 is 4.79 Å². The van der Waals surface area contributed by atoms with E-state index >= 15 is 0 Å². The molecule has 0 saturated carbocycles. The normalized spacial score (nSPS) is 9.55. The molecule has 11 heavy (non-hydrogen) atoms. The summed E-state index contributed by atoms with van der Waals surface area (Å²) in [5, 5.41) is 0. The van der Waals surface area contributed by atoms with Crippen molar-refractivity contribution >= 4 is 6.29 Å². The summed E-state index contributed by atoms with van der Waals surface area (Å²) in [4.78, 5) is 10.0. The van der Waals surface area contributed by atoms with Crippen molar-refractivity contribution in [1.82, 2.24) is 0 Å². The third kappa shape index (κ3) is 2.16. The molecular weight excluding hydrogens is 138 g/mol. The maximum absolute atomic E-state index is 10.0. The lowest BCUT2D eigenvalue weighted by atomic mass is 10.1. The first-order valence-electron chi connectivity index (χ1n) is 3.49. The van der Waals surface area contributed by atoms with E-state index in [1.54, 1.807) is 0 Å². The fraction of sp³-hybridized carbons (Fsp3) is 0.222. The summed E-state index contributed by atoms with van der Waals surface area (Å²) in [5.41, 5.74) is 7.44. The Morgan fingerprint density at radius 2 is 2.09 bits per heavy atom. The van der Waals surface area contributed by atoms with Gasteiger partial charge in [0.25, 0.3) is 0 Å². The number of hydrogen-bond donors (Lipinski definition) is 1. The molecule has 0 aliphatic heterocycles. The van der Waals surface area contributed by atoms with Crippen LogP contribution in [0.1, 0.15) is 11.1 Å². The van der Waals surface area contributed by atoms with Crippen molar-refractivity contribution in [3.63, 3.8) is 0 Å². The molecule has 0 aliphatic rings. The maximum Gasteiger partial charge on any atom is 0.203 e. The van der Waals surface area contributed by atoms with E-state index < -0.39 is 0 Å². The standard InChI is InChI=1S/C9H10NO/c10-7-9-3-1-2-8(6-9)4-5-11/h1-3,6H,4,7,10H2. The molecule has 0 heterocycles. The lowest BCUT2D eigenvalue weighted by Gasteiger charge is -1.97. The molecule has 0 fully saturated rings. The molecule has 0 spiro atoms. The third-order valence-corrected chi connectivity index (χ3v) is 1.50. The van der Waals surface area contributed by atoms with E-state index in [-0.39, 0.29) is 0 Å². The molecular formula is C9H10NO. The van der Waals surface area contributed by atoms with Crippen LogP contribution in [0.5, 0.6) is 0 Å². The molecule has 0 aromatic heterocycles. The Labute approximate surface area is 66.0 Å². The average Bonchev–Trinajstić information content (AvgIpc) is 2.06. The van der Waals surface area contributed by atoms with Gasteiger partial charge in [0.05, 0.1) is 0 Å². The van der Waals surface area contributed by atoms with E-state index in [1.165, 1.54) is 0 Å². The van der Waals surface area contributed by atoms with Gasteiger partial charge in [0, 0.05) is 13.0 Å². The van der Waals surface area contributed by atoms with Gasteiger partial charge in [-0.25, -0.2) is 0 Å². The second kappa shape index (κ2) is 3.88. The molecule has 1 radical (unpaired) electrons. The van der Waals surface area contributed by atoms with Gasteiger partial charge in [-0.05, 0) is 11.1 Å². The molecule has 0 bridgehead atoms. The smallest absolute Gasteiger partial charge is 0.203 e. The van der Waals surface area contributed by atoms with Crippen molar-refractivity contribution in [3.8, 4) is 0 Å². The summed E-state index contributed by atoms with van der Waals surface area (Å²) >= 11 is 0. The first-order chi connectivity index (χ1) is 5.36. The van der Waals surface area contributed by atoms with E-state index in [0.29, 0.717) is 13.0 Å². The first-order valence-corrected chi connectivity index (χ1v) is 3.49. The number of rotatable bonds is 3. The highest BCUT2D eigenvalue weighted by molar-refractivity contribution is 5.55. The van der Waals surface area contributed by atoms with Crippen LogP contribution in [0.15, 0.2) is 24.3 Å². The fourth-order valence-corrected chi connectivity index (χ4v) is 0.950. The summed E-state index contributed by atoms with van der Waals surface area (Å²) in [6.07, 6.45) is 2.20. The van der Waals surface area contributed by atoms with Crippen LogP contribution in [0.3, 0.4) is 0 Å². The summed E-state index contributed by atoms with van der Waals surface area (Å²) in [7, 11) is 0. The van der Waals surface area contributed by atoms with Gasteiger partial charge < -0.3 is 5.73 Å². The van der Waals surface area contributed by atoms with Crippen LogP contribution in [0.4, 0.5) is 0 Å². The zero-order valence-electron chi connectivity index (χ0n) is 6.21. The van der Waals surface area contributed by atoms with Gasteiger partial charge in [0.1, 0.15) is 0 Å². The van der Waals surface area contributed by atoms with Crippen LogP contribution in [0.2, 0.25) is 0 Å². The van der Waals surface area contributed by atoms with Gasteiger partial charge >= 0.3 is 0 Å². The van der Waals surface area contributed by atoms with Crippen LogP contribution in [-0.2, 0) is 17.8 Å². The van der Waals surface area contributed by atoms with Crippen molar-refractivity contribution in [2.75, 3.05) is 0 Å². The molecule has 1 rings (SSSR count). The Morgan fingerprint density at radius 3 is 2.73 bits per heavy atom. The Hall–Kier alpha value is -1.15. The largest absolute Gasteiger partial charge is 0.326 e. The minimum atomic E-state index is 0.355. The summed E-state index contributed by atoms with van der Waals surface area (Å²) in [6.45, 7) is 0.521. The van der Waals surface area contributed by atoms with E-state index in [2.05, 4.69) is 0 Å². The van der Waals surface area contributed by atoms with Crippen LogP contribution in [0, 0.1) is 0 Å². The van der Waals surface area contributed by atoms with Gasteiger partial charge in [-0.3, -0.25) is 4.79 Å². The average molecular weight is 148 g/mol. The van der Waals surface area contributed by atoms with Gasteiger partial charge in [-0.1, -0.05) is 24.3 Å². The molecule has 2 heteroatoms.